The number of carboxylic acid groups (broad SMARTS) is 1. The number of hydrogen-bond acceptors (Lipinski definition) is 3. The standard InChI is InChI=1S/C16H21ClN2O2/c1-18-9-7-13(8-10-18)19(2)15-5-3-12(11-14(15)17)4-6-16(20)21/h3-6,11,13H,7-10H2,1-2H3,(H,20,21)/b6-4+. The van der Waals surface area contributed by atoms with E-state index in [1.807, 2.05) is 18.2 Å². The maximum Gasteiger partial charge on any atom is 0.328 e. The van der Waals surface area contributed by atoms with Gasteiger partial charge in [0.1, 0.15) is 0 Å². The third-order valence-electron chi connectivity index (χ3n) is 4.01. The smallest absolute Gasteiger partial charge is 0.328 e. The summed E-state index contributed by atoms with van der Waals surface area (Å²) in [5, 5.41) is 9.30. The zero-order valence-electron chi connectivity index (χ0n) is 12.4. The number of carboxylic acids is 1. The van der Waals surface area contributed by atoms with Gasteiger partial charge in [0.05, 0.1) is 10.7 Å². The number of halogens is 1. The predicted octanol–water partition coefficient (Wildman–Crippen LogP) is 2.97. The fourth-order valence-electron chi connectivity index (χ4n) is 2.66. The fraction of sp³-hybridized carbons (Fsp3) is 0.438. The van der Waals surface area contributed by atoms with Gasteiger partial charge in [-0.05, 0) is 56.8 Å². The Labute approximate surface area is 130 Å². The Bertz CT molecular complexity index is 537. The summed E-state index contributed by atoms with van der Waals surface area (Å²) in [7, 11) is 4.22. The largest absolute Gasteiger partial charge is 0.478 e. The lowest BCUT2D eigenvalue weighted by atomic mass is 10.0. The van der Waals surface area contributed by atoms with Crippen molar-refractivity contribution in [3.63, 3.8) is 0 Å². The van der Waals surface area contributed by atoms with Gasteiger partial charge in [-0.1, -0.05) is 17.7 Å². The van der Waals surface area contributed by atoms with Gasteiger partial charge in [0, 0.05) is 19.2 Å². The first-order valence-electron chi connectivity index (χ1n) is 7.09. The first kappa shape index (κ1) is 15.9. The number of carbonyl (C=O) groups is 1. The van der Waals surface area contributed by atoms with E-state index in [-0.39, 0.29) is 0 Å². The van der Waals surface area contributed by atoms with Crippen LogP contribution in [-0.2, 0) is 4.79 Å². The van der Waals surface area contributed by atoms with Crippen LogP contribution in [0, 0.1) is 0 Å². The van der Waals surface area contributed by atoms with Crippen molar-refractivity contribution in [2.24, 2.45) is 0 Å². The lowest BCUT2D eigenvalue weighted by molar-refractivity contribution is -0.131. The van der Waals surface area contributed by atoms with Crippen LogP contribution in [-0.4, -0.2) is 49.2 Å². The molecule has 0 aromatic heterocycles. The second-order valence-corrected chi connectivity index (χ2v) is 5.93. The van der Waals surface area contributed by atoms with E-state index in [1.165, 1.54) is 0 Å². The Kier molecular flexibility index (Phi) is 5.26. The molecular formula is C16H21ClN2O2. The molecule has 1 aliphatic heterocycles. The molecule has 5 heteroatoms. The Morgan fingerprint density at radius 2 is 2.10 bits per heavy atom. The number of anilines is 1. The first-order chi connectivity index (χ1) is 9.97. The van der Waals surface area contributed by atoms with Crippen molar-refractivity contribution in [2.75, 3.05) is 32.1 Å². The Hall–Kier alpha value is -1.52. The fourth-order valence-corrected chi connectivity index (χ4v) is 2.98. The highest BCUT2D eigenvalue weighted by Gasteiger charge is 2.21. The molecule has 1 aromatic carbocycles. The van der Waals surface area contributed by atoms with Crippen molar-refractivity contribution >= 4 is 29.3 Å². The summed E-state index contributed by atoms with van der Waals surface area (Å²) in [6.07, 6.45) is 4.92. The summed E-state index contributed by atoms with van der Waals surface area (Å²) in [6, 6.07) is 6.16. The van der Waals surface area contributed by atoms with Gasteiger partial charge < -0.3 is 14.9 Å². The SMILES string of the molecule is CN1CCC(N(C)c2ccc(/C=C/C(=O)O)cc2Cl)CC1. The van der Waals surface area contributed by atoms with Gasteiger partial charge in [-0.3, -0.25) is 0 Å². The number of likely N-dealkylation sites (tertiary alicyclic amines) is 1. The van der Waals surface area contributed by atoms with Crippen molar-refractivity contribution in [1.82, 2.24) is 4.90 Å². The van der Waals surface area contributed by atoms with E-state index in [0.29, 0.717) is 11.1 Å². The molecule has 0 radical (unpaired) electrons. The Morgan fingerprint density at radius 3 is 2.67 bits per heavy atom. The van der Waals surface area contributed by atoms with Crippen LogP contribution < -0.4 is 4.90 Å². The molecule has 0 bridgehead atoms. The van der Waals surface area contributed by atoms with Gasteiger partial charge in [0.15, 0.2) is 0 Å². The van der Waals surface area contributed by atoms with Gasteiger partial charge >= 0.3 is 5.97 Å². The van der Waals surface area contributed by atoms with E-state index < -0.39 is 5.97 Å². The predicted molar refractivity (Wildman–Crippen MR) is 87.0 cm³/mol. The quantitative estimate of drug-likeness (QED) is 0.869. The lowest BCUT2D eigenvalue weighted by Crippen LogP contribution is -2.42. The summed E-state index contributed by atoms with van der Waals surface area (Å²) in [5.74, 6) is -0.960. The summed E-state index contributed by atoms with van der Waals surface area (Å²) in [5.41, 5.74) is 1.79. The maximum atomic E-state index is 10.5. The van der Waals surface area contributed by atoms with Crippen LogP contribution in [0.25, 0.3) is 6.08 Å². The highest BCUT2D eigenvalue weighted by molar-refractivity contribution is 6.33. The molecule has 1 saturated heterocycles. The van der Waals surface area contributed by atoms with E-state index in [1.54, 1.807) is 6.08 Å². The molecule has 1 heterocycles. The molecule has 1 fully saturated rings. The van der Waals surface area contributed by atoms with E-state index in [2.05, 4.69) is 23.9 Å². The third kappa shape index (κ3) is 4.22. The van der Waals surface area contributed by atoms with Crippen LogP contribution >= 0.6 is 11.6 Å². The molecule has 21 heavy (non-hydrogen) atoms. The van der Waals surface area contributed by atoms with Crippen molar-refractivity contribution in [1.29, 1.82) is 0 Å². The monoisotopic (exact) mass is 308 g/mol. The van der Waals surface area contributed by atoms with E-state index in [0.717, 1.165) is 43.3 Å². The van der Waals surface area contributed by atoms with Gasteiger partial charge in [0.2, 0.25) is 0 Å². The van der Waals surface area contributed by atoms with E-state index in [4.69, 9.17) is 16.7 Å². The number of nitrogens with zero attached hydrogens (tertiary/aromatic N) is 2. The molecule has 114 valence electrons. The number of piperidine rings is 1. The van der Waals surface area contributed by atoms with Crippen LogP contribution in [0.3, 0.4) is 0 Å². The van der Waals surface area contributed by atoms with Crippen molar-refractivity contribution < 1.29 is 9.90 Å². The van der Waals surface area contributed by atoms with Crippen molar-refractivity contribution in [2.45, 2.75) is 18.9 Å². The minimum absolute atomic E-state index is 0.499. The Morgan fingerprint density at radius 1 is 1.43 bits per heavy atom. The summed E-state index contributed by atoms with van der Waals surface area (Å²) >= 11 is 6.35. The zero-order valence-corrected chi connectivity index (χ0v) is 13.2. The Balaban J connectivity index is 2.11. The maximum absolute atomic E-state index is 10.5. The minimum Gasteiger partial charge on any atom is -0.478 e. The van der Waals surface area contributed by atoms with Crippen LogP contribution in [0.1, 0.15) is 18.4 Å². The van der Waals surface area contributed by atoms with E-state index >= 15 is 0 Å². The van der Waals surface area contributed by atoms with Gasteiger partial charge in [-0.2, -0.15) is 0 Å². The minimum atomic E-state index is -0.960. The zero-order chi connectivity index (χ0) is 15.4. The van der Waals surface area contributed by atoms with Crippen LogP contribution in [0.5, 0.6) is 0 Å². The highest BCUT2D eigenvalue weighted by atomic mass is 35.5. The second kappa shape index (κ2) is 6.96. The summed E-state index contributed by atoms with van der Waals surface area (Å²) in [4.78, 5) is 15.1. The van der Waals surface area contributed by atoms with Crippen LogP contribution in [0.4, 0.5) is 5.69 Å². The third-order valence-corrected chi connectivity index (χ3v) is 4.31. The van der Waals surface area contributed by atoms with Gasteiger partial charge in [-0.25, -0.2) is 4.79 Å². The molecule has 1 N–H and O–H groups in total. The molecule has 2 rings (SSSR count). The molecule has 0 atom stereocenters. The molecule has 0 aliphatic carbocycles. The molecule has 0 saturated carbocycles. The topological polar surface area (TPSA) is 43.8 Å². The molecule has 1 aromatic rings. The number of hydrogen-bond donors (Lipinski definition) is 1. The normalized spacial score (nSPS) is 17.3. The molecule has 0 unspecified atom stereocenters. The van der Waals surface area contributed by atoms with Crippen LogP contribution in [0.2, 0.25) is 5.02 Å². The molecule has 0 amide bonds. The van der Waals surface area contributed by atoms with Crippen LogP contribution in [0.15, 0.2) is 24.3 Å². The number of rotatable bonds is 4. The molecule has 0 spiro atoms. The van der Waals surface area contributed by atoms with Crippen molar-refractivity contribution in [3.8, 4) is 0 Å². The van der Waals surface area contributed by atoms with E-state index in [9.17, 15) is 4.79 Å². The van der Waals surface area contributed by atoms with Gasteiger partial charge in [-0.15, -0.1) is 0 Å². The lowest BCUT2D eigenvalue weighted by Gasteiger charge is -2.36. The summed E-state index contributed by atoms with van der Waals surface area (Å²) in [6.45, 7) is 2.21. The average molecular weight is 309 g/mol. The second-order valence-electron chi connectivity index (χ2n) is 5.53. The van der Waals surface area contributed by atoms with Gasteiger partial charge in [0.25, 0.3) is 0 Å². The summed E-state index contributed by atoms with van der Waals surface area (Å²) < 4.78 is 0. The molecule has 1 aliphatic rings. The number of benzene rings is 1. The average Bonchev–Trinajstić information content (AvgIpc) is 2.45. The molecule has 4 nitrogen and oxygen atoms in total. The first-order valence-corrected chi connectivity index (χ1v) is 7.47. The number of aliphatic carboxylic acids is 1. The van der Waals surface area contributed by atoms with Crippen molar-refractivity contribution in [3.05, 3.63) is 34.9 Å². The highest BCUT2D eigenvalue weighted by Crippen LogP contribution is 2.30. The molecular weight excluding hydrogens is 288 g/mol.